The lowest BCUT2D eigenvalue weighted by Crippen LogP contribution is -2.46. The fourth-order valence-corrected chi connectivity index (χ4v) is 5.95. The van der Waals surface area contributed by atoms with Crippen molar-refractivity contribution < 1.29 is 5.11 Å². The van der Waals surface area contributed by atoms with Gasteiger partial charge in [0.1, 0.15) is 0 Å². The van der Waals surface area contributed by atoms with Crippen molar-refractivity contribution in [2.45, 2.75) is 15.9 Å². The average molecular weight is 469 g/mol. The molecule has 5 heteroatoms. The minimum atomic E-state index is -1.32. The maximum atomic E-state index is 12.6. The SMILES string of the molecule is CSc1ccc([C@@]2(O)[C@@H](c3ccccc3)SC(=Nc3ccccc3)N2c2ccccc2)cc1. The lowest BCUT2D eigenvalue weighted by atomic mass is 9.92. The third kappa shape index (κ3) is 4.20. The minimum absolute atomic E-state index is 0.263. The second-order valence-corrected chi connectivity index (χ2v) is 9.72. The van der Waals surface area contributed by atoms with Crippen molar-refractivity contribution in [1.82, 2.24) is 0 Å². The molecule has 4 aromatic rings. The number of rotatable bonds is 5. The number of aliphatic hydroxyl groups is 1. The van der Waals surface area contributed by atoms with Crippen LogP contribution >= 0.6 is 23.5 Å². The summed E-state index contributed by atoms with van der Waals surface area (Å²) in [5.74, 6) is 0. The van der Waals surface area contributed by atoms with Crippen molar-refractivity contribution in [2.75, 3.05) is 11.2 Å². The van der Waals surface area contributed by atoms with Crippen LogP contribution in [0, 0.1) is 0 Å². The molecule has 1 aliphatic heterocycles. The molecule has 0 unspecified atom stereocenters. The highest BCUT2D eigenvalue weighted by atomic mass is 32.2. The lowest BCUT2D eigenvalue weighted by molar-refractivity contribution is 0.0482. The fourth-order valence-electron chi connectivity index (χ4n) is 4.12. The number of amidine groups is 1. The Bertz CT molecular complexity index is 1230. The van der Waals surface area contributed by atoms with E-state index in [9.17, 15) is 5.11 Å². The van der Waals surface area contributed by atoms with E-state index in [1.165, 1.54) is 0 Å². The minimum Gasteiger partial charge on any atom is -0.365 e. The highest BCUT2D eigenvalue weighted by Crippen LogP contribution is 2.56. The van der Waals surface area contributed by atoms with Crippen molar-refractivity contribution in [1.29, 1.82) is 0 Å². The van der Waals surface area contributed by atoms with Crippen LogP contribution in [0.5, 0.6) is 0 Å². The molecule has 0 radical (unpaired) electrons. The van der Waals surface area contributed by atoms with Gasteiger partial charge in [0.2, 0.25) is 0 Å². The van der Waals surface area contributed by atoms with Gasteiger partial charge in [-0.1, -0.05) is 90.6 Å². The van der Waals surface area contributed by atoms with Gasteiger partial charge in [0.25, 0.3) is 0 Å². The molecule has 0 bridgehead atoms. The molecule has 33 heavy (non-hydrogen) atoms. The van der Waals surface area contributed by atoms with Crippen molar-refractivity contribution in [3.8, 4) is 0 Å². The third-order valence-corrected chi connectivity index (χ3v) is 7.80. The predicted octanol–water partition coefficient (Wildman–Crippen LogP) is 7.24. The molecule has 0 saturated carbocycles. The number of thioether (sulfide) groups is 2. The number of hydrogen-bond donors (Lipinski definition) is 1. The Hall–Kier alpha value is -2.99. The van der Waals surface area contributed by atoms with Crippen LogP contribution in [0.1, 0.15) is 16.4 Å². The second-order valence-electron chi connectivity index (χ2n) is 7.76. The van der Waals surface area contributed by atoms with Crippen LogP contribution in [0.15, 0.2) is 125 Å². The van der Waals surface area contributed by atoms with Crippen molar-refractivity contribution in [3.63, 3.8) is 0 Å². The van der Waals surface area contributed by atoms with Crippen molar-refractivity contribution >= 4 is 40.1 Å². The normalized spacial score (nSPS) is 21.5. The lowest BCUT2D eigenvalue weighted by Gasteiger charge is -2.38. The molecule has 1 N–H and O–H groups in total. The number of anilines is 1. The first-order valence-corrected chi connectivity index (χ1v) is 12.9. The van der Waals surface area contributed by atoms with Gasteiger partial charge in [-0.3, -0.25) is 4.90 Å². The molecule has 5 rings (SSSR count). The summed E-state index contributed by atoms with van der Waals surface area (Å²) in [5, 5.41) is 13.1. The van der Waals surface area contributed by atoms with E-state index in [0.717, 1.165) is 32.6 Å². The Morgan fingerprint density at radius 3 is 1.97 bits per heavy atom. The van der Waals surface area contributed by atoms with E-state index in [-0.39, 0.29) is 5.25 Å². The smallest absolute Gasteiger partial charge is 0.187 e. The number of hydrogen-bond acceptors (Lipinski definition) is 4. The maximum Gasteiger partial charge on any atom is 0.187 e. The Balaban J connectivity index is 1.73. The fraction of sp³-hybridized carbons (Fsp3) is 0.107. The van der Waals surface area contributed by atoms with Crippen LogP contribution in [-0.2, 0) is 5.72 Å². The van der Waals surface area contributed by atoms with Crippen LogP contribution in [-0.4, -0.2) is 16.5 Å². The van der Waals surface area contributed by atoms with E-state index >= 15 is 0 Å². The molecular formula is C28H24N2OS2. The topological polar surface area (TPSA) is 35.8 Å². The van der Waals surface area contributed by atoms with Crippen LogP contribution in [0.4, 0.5) is 11.4 Å². The van der Waals surface area contributed by atoms with Gasteiger partial charge >= 0.3 is 0 Å². The highest BCUT2D eigenvalue weighted by molar-refractivity contribution is 8.14. The standard InChI is InChI=1S/C28H24N2OS2/c1-32-25-19-17-22(18-20-25)28(31)26(21-11-5-2-6-12-21)33-27(29-23-13-7-3-8-14-23)30(28)24-15-9-4-10-16-24/h2-20,26,31H,1H3/t26-,28-/m1/s1. The molecule has 1 heterocycles. The molecular weight excluding hydrogens is 444 g/mol. The molecule has 3 nitrogen and oxygen atoms in total. The van der Waals surface area contributed by atoms with Gasteiger partial charge < -0.3 is 5.11 Å². The molecule has 0 spiro atoms. The zero-order valence-corrected chi connectivity index (χ0v) is 19.8. The quantitative estimate of drug-likeness (QED) is 0.313. The first-order chi connectivity index (χ1) is 16.2. The Morgan fingerprint density at radius 2 is 1.36 bits per heavy atom. The molecule has 164 valence electrons. The molecule has 0 amide bonds. The van der Waals surface area contributed by atoms with Crippen LogP contribution < -0.4 is 4.90 Å². The Kier molecular flexibility index (Phi) is 6.27. The van der Waals surface area contributed by atoms with E-state index < -0.39 is 5.72 Å². The second kappa shape index (κ2) is 9.48. The Labute approximate surface area is 203 Å². The van der Waals surface area contributed by atoms with E-state index in [2.05, 4.69) is 30.5 Å². The van der Waals surface area contributed by atoms with Crippen LogP contribution in [0.2, 0.25) is 0 Å². The molecule has 1 aliphatic rings. The molecule has 0 aromatic heterocycles. The summed E-state index contributed by atoms with van der Waals surface area (Å²) >= 11 is 3.29. The summed E-state index contributed by atoms with van der Waals surface area (Å²) in [6, 6.07) is 38.3. The largest absolute Gasteiger partial charge is 0.365 e. The molecule has 1 fully saturated rings. The molecule has 0 aliphatic carbocycles. The average Bonchev–Trinajstić information content (AvgIpc) is 3.18. The molecule has 2 atom stereocenters. The van der Waals surface area contributed by atoms with Crippen LogP contribution in [0.3, 0.4) is 0 Å². The van der Waals surface area contributed by atoms with Gasteiger partial charge in [0, 0.05) is 16.1 Å². The van der Waals surface area contributed by atoms with E-state index in [1.54, 1.807) is 23.5 Å². The monoisotopic (exact) mass is 468 g/mol. The maximum absolute atomic E-state index is 12.6. The van der Waals surface area contributed by atoms with Gasteiger partial charge in [0.15, 0.2) is 10.9 Å². The van der Waals surface area contributed by atoms with Gasteiger partial charge in [-0.05, 0) is 48.2 Å². The summed E-state index contributed by atoms with van der Waals surface area (Å²) in [5.41, 5.74) is 2.32. The summed E-state index contributed by atoms with van der Waals surface area (Å²) in [7, 11) is 0. The summed E-state index contributed by atoms with van der Waals surface area (Å²) < 4.78 is 0. The van der Waals surface area contributed by atoms with E-state index in [4.69, 9.17) is 4.99 Å². The van der Waals surface area contributed by atoms with Gasteiger partial charge in [-0.15, -0.1) is 11.8 Å². The zero-order valence-electron chi connectivity index (χ0n) is 18.2. The summed E-state index contributed by atoms with van der Waals surface area (Å²) in [6.07, 6.45) is 2.06. The molecule has 4 aromatic carbocycles. The third-order valence-electron chi connectivity index (χ3n) is 5.73. The van der Waals surface area contributed by atoms with Crippen molar-refractivity contribution in [3.05, 3.63) is 126 Å². The van der Waals surface area contributed by atoms with Crippen molar-refractivity contribution in [2.24, 2.45) is 4.99 Å². The van der Waals surface area contributed by atoms with E-state index in [1.807, 2.05) is 95.9 Å². The summed E-state index contributed by atoms with van der Waals surface area (Å²) in [4.78, 5) is 8.13. The van der Waals surface area contributed by atoms with Crippen LogP contribution in [0.25, 0.3) is 0 Å². The molecule has 1 saturated heterocycles. The Morgan fingerprint density at radius 1 is 0.788 bits per heavy atom. The number of aliphatic imine (C=N–C) groups is 1. The number of nitrogens with zero attached hydrogens (tertiary/aromatic N) is 2. The first-order valence-electron chi connectivity index (χ1n) is 10.8. The first kappa shape index (κ1) is 21.8. The zero-order chi connectivity index (χ0) is 22.7. The summed E-state index contributed by atoms with van der Waals surface area (Å²) in [6.45, 7) is 0. The number of para-hydroxylation sites is 2. The van der Waals surface area contributed by atoms with Gasteiger partial charge in [0.05, 0.1) is 10.9 Å². The van der Waals surface area contributed by atoms with Gasteiger partial charge in [-0.25, -0.2) is 4.99 Å². The van der Waals surface area contributed by atoms with Gasteiger partial charge in [-0.2, -0.15) is 0 Å². The predicted molar refractivity (Wildman–Crippen MR) is 141 cm³/mol. The highest BCUT2D eigenvalue weighted by Gasteiger charge is 2.54. The van der Waals surface area contributed by atoms with E-state index in [0.29, 0.717) is 0 Å². The number of benzene rings is 4.